The van der Waals surface area contributed by atoms with Crippen molar-refractivity contribution >= 4 is 11.9 Å². The van der Waals surface area contributed by atoms with Crippen LogP contribution in [0.4, 0.5) is 4.79 Å². The number of aliphatic hydroxyl groups is 1. The highest BCUT2D eigenvalue weighted by atomic mass is 16.6. The molecular weight excluding hydrogens is 594 g/mol. The lowest BCUT2D eigenvalue weighted by Crippen LogP contribution is -2.48. The van der Waals surface area contributed by atoms with Crippen LogP contribution < -0.4 is 0 Å². The predicted octanol–water partition coefficient (Wildman–Crippen LogP) is 9.28. The van der Waals surface area contributed by atoms with E-state index in [0.29, 0.717) is 37.1 Å². The van der Waals surface area contributed by atoms with E-state index < -0.39 is 17.1 Å². The van der Waals surface area contributed by atoms with Gasteiger partial charge in [0.2, 0.25) is 0 Å². The van der Waals surface area contributed by atoms with Gasteiger partial charge in [-0.25, -0.2) is 4.79 Å². The van der Waals surface area contributed by atoms with Crippen LogP contribution in [0, 0.1) is 5.41 Å². The lowest BCUT2D eigenvalue weighted by Gasteiger charge is -2.43. The van der Waals surface area contributed by atoms with Gasteiger partial charge in [-0.15, -0.1) is 0 Å². The lowest BCUT2D eigenvalue weighted by atomic mass is 9.64. The SMILES string of the molecule is CC1=CCCC2(C)C(CCC23CN(Cc2ccccc2)C(=O)O3)c2ccc(cc2C(=O)c2ccccc2-c2ccccc2)CC(O)CC1. The second-order valence-corrected chi connectivity index (χ2v) is 14.4. The van der Waals surface area contributed by atoms with Gasteiger partial charge in [-0.05, 0) is 91.7 Å². The highest BCUT2D eigenvalue weighted by Gasteiger charge is 2.63. The number of allylic oxidation sites excluding steroid dienone is 2. The topological polar surface area (TPSA) is 66.8 Å². The summed E-state index contributed by atoms with van der Waals surface area (Å²) in [7, 11) is 0. The van der Waals surface area contributed by atoms with Crippen molar-refractivity contribution in [3.63, 3.8) is 0 Å². The fourth-order valence-electron chi connectivity index (χ4n) is 8.60. The van der Waals surface area contributed by atoms with Crippen molar-refractivity contribution in [3.05, 3.63) is 143 Å². The van der Waals surface area contributed by atoms with Crippen molar-refractivity contribution in [1.29, 1.82) is 0 Å². The summed E-state index contributed by atoms with van der Waals surface area (Å²) in [5.74, 6) is -0.0125. The maximum Gasteiger partial charge on any atom is 0.410 e. The number of carbonyl (C=O) groups is 2. The zero-order valence-corrected chi connectivity index (χ0v) is 28.0. The summed E-state index contributed by atoms with van der Waals surface area (Å²) in [4.78, 5) is 30.3. The van der Waals surface area contributed by atoms with Crippen LogP contribution in [0.5, 0.6) is 0 Å². The third-order valence-corrected chi connectivity index (χ3v) is 11.3. The molecule has 5 heteroatoms. The van der Waals surface area contributed by atoms with Gasteiger partial charge in [-0.3, -0.25) is 9.69 Å². The van der Waals surface area contributed by atoms with E-state index in [9.17, 15) is 14.7 Å². The molecule has 1 saturated carbocycles. The Balaban J connectivity index is 1.33. The summed E-state index contributed by atoms with van der Waals surface area (Å²) < 4.78 is 6.53. The molecule has 0 radical (unpaired) electrons. The molecule has 1 aliphatic heterocycles. The van der Waals surface area contributed by atoms with Gasteiger partial charge in [0.25, 0.3) is 0 Å². The number of ketones is 1. The molecule has 4 unspecified atom stereocenters. The minimum Gasteiger partial charge on any atom is -0.440 e. The number of aliphatic hydroxyl groups excluding tert-OH is 1. The number of fused-ring (bicyclic) bond motifs is 8. The number of hydrogen-bond acceptors (Lipinski definition) is 4. The molecule has 1 amide bonds. The molecular formula is C43H45NO4. The molecule has 1 saturated heterocycles. The number of rotatable bonds is 5. The van der Waals surface area contributed by atoms with E-state index >= 15 is 0 Å². The number of benzene rings is 4. The molecule has 1 heterocycles. The third kappa shape index (κ3) is 6.01. The normalized spacial score (nSPS) is 25.8. The monoisotopic (exact) mass is 639 g/mol. The zero-order valence-electron chi connectivity index (χ0n) is 28.0. The van der Waals surface area contributed by atoms with Gasteiger partial charge in [0.15, 0.2) is 5.78 Å². The van der Waals surface area contributed by atoms with Crippen molar-refractivity contribution in [3.8, 4) is 11.1 Å². The first-order valence-electron chi connectivity index (χ1n) is 17.4. The molecule has 3 aliphatic carbocycles. The smallest absolute Gasteiger partial charge is 0.410 e. The van der Waals surface area contributed by atoms with E-state index in [1.54, 1.807) is 0 Å². The van der Waals surface area contributed by atoms with Crippen molar-refractivity contribution < 1.29 is 19.4 Å². The number of nitrogens with zero attached hydrogens (tertiary/aromatic N) is 1. The van der Waals surface area contributed by atoms with Crippen molar-refractivity contribution in [2.45, 2.75) is 83.0 Å². The van der Waals surface area contributed by atoms with E-state index in [-0.39, 0.29) is 17.8 Å². The molecule has 1 N–H and O–H groups in total. The molecule has 8 rings (SSSR count). The fourth-order valence-corrected chi connectivity index (χ4v) is 8.60. The average molecular weight is 640 g/mol. The third-order valence-electron chi connectivity index (χ3n) is 11.3. The Morgan fingerprint density at radius 3 is 2.42 bits per heavy atom. The Bertz CT molecular complexity index is 1830. The van der Waals surface area contributed by atoms with Crippen molar-refractivity contribution in [2.24, 2.45) is 5.41 Å². The van der Waals surface area contributed by atoms with Crippen LogP contribution in [0.15, 0.2) is 115 Å². The van der Waals surface area contributed by atoms with Gasteiger partial charge < -0.3 is 9.84 Å². The first-order chi connectivity index (χ1) is 23.3. The van der Waals surface area contributed by atoms with Crippen molar-refractivity contribution in [1.82, 2.24) is 4.90 Å². The Morgan fingerprint density at radius 2 is 1.62 bits per heavy atom. The number of amides is 1. The molecule has 2 bridgehead atoms. The first kappa shape index (κ1) is 32.1. The molecule has 0 aromatic heterocycles. The Hall–Kier alpha value is -4.48. The number of carbonyl (C=O) groups excluding carboxylic acids is 2. The van der Waals surface area contributed by atoms with Crippen LogP contribution in [0.25, 0.3) is 11.1 Å². The van der Waals surface area contributed by atoms with Gasteiger partial charge in [0.05, 0.1) is 12.6 Å². The summed E-state index contributed by atoms with van der Waals surface area (Å²) in [6.07, 6.45) is 6.74. The maximum absolute atomic E-state index is 14.9. The largest absolute Gasteiger partial charge is 0.440 e. The molecule has 4 aromatic carbocycles. The van der Waals surface area contributed by atoms with Crippen LogP contribution in [0.3, 0.4) is 0 Å². The average Bonchev–Trinajstić information content (AvgIpc) is 3.57. The number of ether oxygens (including phenoxy) is 1. The van der Waals surface area contributed by atoms with Gasteiger partial charge in [-0.1, -0.05) is 116 Å². The van der Waals surface area contributed by atoms with E-state index in [2.05, 4.69) is 44.2 Å². The van der Waals surface area contributed by atoms with Crippen LogP contribution in [0.2, 0.25) is 0 Å². The molecule has 2 fully saturated rings. The highest BCUT2D eigenvalue weighted by molar-refractivity contribution is 6.13. The quantitative estimate of drug-likeness (QED) is 0.175. The molecule has 1 spiro atoms. The van der Waals surface area contributed by atoms with Crippen molar-refractivity contribution in [2.75, 3.05) is 6.54 Å². The second-order valence-electron chi connectivity index (χ2n) is 14.4. The second kappa shape index (κ2) is 13.2. The fraction of sp³-hybridized carbons (Fsp3) is 0.349. The van der Waals surface area contributed by atoms with E-state index in [1.165, 1.54) is 5.57 Å². The molecule has 4 atom stereocenters. The summed E-state index contributed by atoms with van der Waals surface area (Å²) in [6, 6.07) is 34.3. The summed E-state index contributed by atoms with van der Waals surface area (Å²) >= 11 is 0. The molecule has 4 aromatic rings. The van der Waals surface area contributed by atoms with E-state index in [0.717, 1.165) is 59.9 Å². The Labute approximate surface area is 284 Å². The molecule has 48 heavy (non-hydrogen) atoms. The van der Waals surface area contributed by atoms with E-state index in [1.807, 2.05) is 83.8 Å². The first-order valence-corrected chi connectivity index (χ1v) is 17.4. The van der Waals surface area contributed by atoms with Gasteiger partial charge in [0, 0.05) is 23.1 Å². The summed E-state index contributed by atoms with van der Waals surface area (Å²) in [5.41, 5.74) is 6.50. The summed E-state index contributed by atoms with van der Waals surface area (Å²) in [6.45, 7) is 5.48. The predicted molar refractivity (Wildman–Crippen MR) is 190 cm³/mol. The molecule has 5 nitrogen and oxygen atoms in total. The number of hydrogen-bond donors (Lipinski definition) is 1. The molecule has 246 valence electrons. The van der Waals surface area contributed by atoms with Gasteiger partial charge in [-0.2, -0.15) is 0 Å². The van der Waals surface area contributed by atoms with E-state index in [4.69, 9.17) is 4.74 Å². The Morgan fingerprint density at radius 1 is 0.896 bits per heavy atom. The minimum absolute atomic E-state index is 0.000401. The summed E-state index contributed by atoms with van der Waals surface area (Å²) in [5, 5.41) is 11.0. The lowest BCUT2D eigenvalue weighted by molar-refractivity contribution is -0.0373. The van der Waals surface area contributed by atoms with Crippen LogP contribution in [-0.4, -0.2) is 40.1 Å². The maximum atomic E-state index is 14.9. The highest BCUT2D eigenvalue weighted by Crippen LogP contribution is 2.62. The van der Waals surface area contributed by atoms with Gasteiger partial charge in [0.1, 0.15) is 5.60 Å². The zero-order chi connectivity index (χ0) is 33.3. The van der Waals surface area contributed by atoms with Crippen LogP contribution >= 0.6 is 0 Å². The van der Waals surface area contributed by atoms with Crippen LogP contribution in [-0.2, 0) is 17.7 Å². The standard InChI is InChI=1S/C43H45NO4/c1-30-12-11-24-42(2)39(23-25-43(42)29-44(41(47)48-43)28-31-13-5-3-6-14-31)36-22-20-32(26-34(45)21-19-30)27-38(36)40(46)37-18-10-9-17-35(37)33-15-7-4-8-16-33/h3-10,12-18,20,22,27,34,39,45H,11,19,21,23-26,28-29H2,1-2H3. The Kier molecular flexibility index (Phi) is 8.82. The van der Waals surface area contributed by atoms with Crippen LogP contribution in [0.1, 0.15) is 90.9 Å². The minimum atomic E-state index is -0.667. The molecule has 4 aliphatic rings. The van der Waals surface area contributed by atoms with Gasteiger partial charge >= 0.3 is 6.09 Å².